The summed E-state index contributed by atoms with van der Waals surface area (Å²) in [6.45, 7) is 0.0354. The first-order chi connectivity index (χ1) is 7.59. The standard InChI is InChI=1S/C10H12BrN3O2/c11-7-3-1-2-4-8(7)14-10(16)6-13-5-9(12)15/h1-4,13H,5-6H2,(H2,12,15)(H,14,16). The molecule has 0 saturated heterocycles. The van der Waals surface area contributed by atoms with Crippen LogP contribution in [0.2, 0.25) is 0 Å². The third-order valence-electron chi connectivity index (χ3n) is 1.73. The lowest BCUT2D eigenvalue weighted by Crippen LogP contribution is -2.34. The monoisotopic (exact) mass is 285 g/mol. The van der Waals surface area contributed by atoms with Crippen molar-refractivity contribution in [2.75, 3.05) is 18.4 Å². The van der Waals surface area contributed by atoms with Crippen LogP contribution in [0.1, 0.15) is 0 Å². The van der Waals surface area contributed by atoms with Gasteiger partial charge in [0.15, 0.2) is 0 Å². The zero-order chi connectivity index (χ0) is 12.0. The molecule has 0 unspecified atom stereocenters. The Labute approximate surface area is 102 Å². The Bertz CT molecular complexity index is 395. The number of anilines is 1. The first kappa shape index (κ1) is 12.7. The van der Waals surface area contributed by atoms with E-state index in [1.807, 2.05) is 18.2 Å². The van der Waals surface area contributed by atoms with E-state index in [1.165, 1.54) is 0 Å². The van der Waals surface area contributed by atoms with Crippen molar-refractivity contribution in [3.05, 3.63) is 28.7 Å². The van der Waals surface area contributed by atoms with Crippen LogP contribution in [0, 0.1) is 0 Å². The summed E-state index contributed by atoms with van der Waals surface area (Å²) in [5.74, 6) is -0.721. The van der Waals surface area contributed by atoms with Crippen LogP contribution in [-0.4, -0.2) is 24.9 Å². The number of hydrogen-bond donors (Lipinski definition) is 3. The van der Waals surface area contributed by atoms with E-state index in [0.29, 0.717) is 5.69 Å². The Balaban J connectivity index is 2.40. The summed E-state index contributed by atoms with van der Waals surface area (Å²) >= 11 is 3.31. The van der Waals surface area contributed by atoms with Gasteiger partial charge in [0.1, 0.15) is 0 Å². The van der Waals surface area contributed by atoms with Crippen molar-refractivity contribution < 1.29 is 9.59 Å². The van der Waals surface area contributed by atoms with Gasteiger partial charge in [-0.25, -0.2) is 0 Å². The first-order valence-electron chi connectivity index (χ1n) is 4.63. The van der Waals surface area contributed by atoms with Gasteiger partial charge in [0, 0.05) is 4.47 Å². The maximum atomic E-state index is 11.4. The number of rotatable bonds is 5. The predicted molar refractivity (Wildman–Crippen MR) is 64.8 cm³/mol. The Morgan fingerprint density at radius 2 is 1.94 bits per heavy atom. The maximum absolute atomic E-state index is 11.4. The number of carbonyl (C=O) groups is 2. The highest BCUT2D eigenvalue weighted by Crippen LogP contribution is 2.20. The molecule has 0 spiro atoms. The van der Waals surface area contributed by atoms with Crippen LogP contribution in [-0.2, 0) is 9.59 Å². The van der Waals surface area contributed by atoms with E-state index < -0.39 is 5.91 Å². The normalized spacial score (nSPS) is 9.81. The number of para-hydroxylation sites is 1. The second-order valence-corrected chi connectivity index (χ2v) is 3.95. The summed E-state index contributed by atoms with van der Waals surface area (Å²) < 4.78 is 0.804. The van der Waals surface area contributed by atoms with Crippen molar-refractivity contribution in [2.24, 2.45) is 5.73 Å². The Morgan fingerprint density at radius 1 is 1.25 bits per heavy atom. The Kier molecular flexibility index (Phi) is 4.94. The summed E-state index contributed by atoms with van der Waals surface area (Å²) in [5, 5.41) is 5.31. The van der Waals surface area contributed by atoms with E-state index >= 15 is 0 Å². The second-order valence-electron chi connectivity index (χ2n) is 3.10. The summed E-state index contributed by atoms with van der Waals surface area (Å²) in [6.07, 6.45) is 0. The molecule has 86 valence electrons. The van der Waals surface area contributed by atoms with Crippen LogP contribution >= 0.6 is 15.9 Å². The molecule has 0 fully saturated rings. The van der Waals surface area contributed by atoms with E-state index in [2.05, 4.69) is 26.6 Å². The van der Waals surface area contributed by atoms with Crippen LogP contribution in [0.5, 0.6) is 0 Å². The summed E-state index contributed by atoms with van der Waals surface area (Å²) in [4.78, 5) is 21.8. The first-order valence-corrected chi connectivity index (χ1v) is 5.42. The molecule has 0 aliphatic rings. The number of nitrogens with one attached hydrogen (secondary N) is 2. The van der Waals surface area contributed by atoms with Gasteiger partial charge in [0.2, 0.25) is 11.8 Å². The Morgan fingerprint density at radius 3 is 2.56 bits per heavy atom. The van der Waals surface area contributed by atoms with Gasteiger partial charge in [-0.2, -0.15) is 0 Å². The van der Waals surface area contributed by atoms with E-state index in [9.17, 15) is 9.59 Å². The molecular formula is C10H12BrN3O2. The fourth-order valence-corrected chi connectivity index (χ4v) is 1.44. The van der Waals surface area contributed by atoms with Gasteiger partial charge >= 0.3 is 0 Å². The van der Waals surface area contributed by atoms with Gasteiger partial charge in [-0.05, 0) is 28.1 Å². The molecule has 1 rings (SSSR count). The zero-order valence-electron chi connectivity index (χ0n) is 8.50. The van der Waals surface area contributed by atoms with Gasteiger partial charge < -0.3 is 11.1 Å². The number of carbonyl (C=O) groups excluding carboxylic acids is 2. The molecule has 0 atom stereocenters. The molecule has 0 heterocycles. The molecule has 1 aromatic carbocycles. The van der Waals surface area contributed by atoms with E-state index in [0.717, 1.165) is 4.47 Å². The third kappa shape index (κ3) is 4.41. The van der Waals surface area contributed by atoms with Crippen molar-refractivity contribution in [3.8, 4) is 0 Å². The highest BCUT2D eigenvalue weighted by atomic mass is 79.9. The minimum atomic E-state index is -0.492. The quantitative estimate of drug-likeness (QED) is 0.735. The number of nitrogens with two attached hydrogens (primary N) is 1. The van der Waals surface area contributed by atoms with Crippen LogP contribution in [0.4, 0.5) is 5.69 Å². The molecule has 0 aliphatic heterocycles. The lowest BCUT2D eigenvalue weighted by atomic mass is 10.3. The topological polar surface area (TPSA) is 84.2 Å². The fourth-order valence-electron chi connectivity index (χ4n) is 1.06. The maximum Gasteiger partial charge on any atom is 0.238 e. The van der Waals surface area contributed by atoms with Gasteiger partial charge in [-0.1, -0.05) is 12.1 Å². The molecular weight excluding hydrogens is 274 g/mol. The molecule has 0 aliphatic carbocycles. The molecule has 6 heteroatoms. The van der Waals surface area contributed by atoms with Crippen molar-refractivity contribution >= 4 is 33.4 Å². The highest BCUT2D eigenvalue weighted by Gasteiger charge is 2.04. The third-order valence-corrected chi connectivity index (χ3v) is 2.42. The molecule has 0 aromatic heterocycles. The number of primary amides is 1. The number of halogens is 1. The lowest BCUT2D eigenvalue weighted by molar-refractivity contribution is -0.117. The van der Waals surface area contributed by atoms with Crippen molar-refractivity contribution in [1.82, 2.24) is 5.32 Å². The second kappa shape index (κ2) is 6.24. The number of benzene rings is 1. The smallest absolute Gasteiger partial charge is 0.238 e. The molecule has 0 saturated carbocycles. The Hall–Kier alpha value is -1.40. The molecule has 0 radical (unpaired) electrons. The summed E-state index contributed by atoms with van der Waals surface area (Å²) in [6, 6.07) is 7.27. The fraction of sp³-hybridized carbons (Fsp3) is 0.200. The molecule has 5 nitrogen and oxygen atoms in total. The van der Waals surface area contributed by atoms with Crippen molar-refractivity contribution in [1.29, 1.82) is 0 Å². The average Bonchev–Trinajstić information content (AvgIpc) is 2.21. The number of amides is 2. The van der Waals surface area contributed by atoms with E-state index in [1.54, 1.807) is 6.07 Å². The van der Waals surface area contributed by atoms with Crippen molar-refractivity contribution in [3.63, 3.8) is 0 Å². The lowest BCUT2D eigenvalue weighted by Gasteiger charge is -2.07. The van der Waals surface area contributed by atoms with E-state index in [-0.39, 0.29) is 19.0 Å². The van der Waals surface area contributed by atoms with Gasteiger partial charge in [0.05, 0.1) is 18.8 Å². The molecule has 0 bridgehead atoms. The van der Waals surface area contributed by atoms with Gasteiger partial charge in [-0.3, -0.25) is 14.9 Å². The predicted octanol–water partition coefficient (Wildman–Crippen LogP) is 0.463. The van der Waals surface area contributed by atoms with Crippen LogP contribution in [0.3, 0.4) is 0 Å². The zero-order valence-corrected chi connectivity index (χ0v) is 10.1. The van der Waals surface area contributed by atoms with Crippen LogP contribution in [0.25, 0.3) is 0 Å². The number of hydrogen-bond acceptors (Lipinski definition) is 3. The van der Waals surface area contributed by atoms with Gasteiger partial charge in [0.25, 0.3) is 0 Å². The summed E-state index contributed by atoms with van der Waals surface area (Å²) in [7, 11) is 0. The van der Waals surface area contributed by atoms with Crippen LogP contribution < -0.4 is 16.4 Å². The summed E-state index contributed by atoms with van der Waals surface area (Å²) in [5.41, 5.74) is 5.60. The van der Waals surface area contributed by atoms with E-state index in [4.69, 9.17) is 5.73 Å². The molecule has 16 heavy (non-hydrogen) atoms. The molecule has 2 amide bonds. The average molecular weight is 286 g/mol. The van der Waals surface area contributed by atoms with Crippen LogP contribution in [0.15, 0.2) is 28.7 Å². The van der Waals surface area contributed by atoms with Gasteiger partial charge in [-0.15, -0.1) is 0 Å². The minimum Gasteiger partial charge on any atom is -0.369 e. The molecule has 1 aromatic rings. The SMILES string of the molecule is NC(=O)CNCC(=O)Nc1ccccc1Br. The highest BCUT2D eigenvalue weighted by molar-refractivity contribution is 9.10. The molecule has 4 N–H and O–H groups in total. The van der Waals surface area contributed by atoms with Crippen molar-refractivity contribution in [2.45, 2.75) is 0 Å². The minimum absolute atomic E-state index is 0.0105. The largest absolute Gasteiger partial charge is 0.369 e.